The summed E-state index contributed by atoms with van der Waals surface area (Å²) in [6.07, 6.45) is 2.20. The Morgan fingerprint density at radius 3 is 1.72 bits per heavy atom. The van der Waals surface area contributed by atoms with E-state index in [1.54, 1.807) is 0 Å². The molecule has 1 aromatic rings. The van der Waals surface area contributed by atoms with Crippen molar-refractivity contribution in [3.8, 4) is 0 Å². The highest BCUT2D eigenvalue weighted by molar-refractivity contribution is 6.01. The van der Waals surface area contributed by atoms with E-state index in [1.165, 1.54) is 13.0 Å². The van der Waals surface area contributed by atoms with Crippen molar-refractivity contribution in [2.45, 2.75) is 6.92 Å². The SMILES string of the molecule is C/C=C\C(=O)N(C)c1c(F)c(F)c(F)c(F)c1F. The first-order valence-corrected chi connectivity index (χ1v) is 4.74. The van der Waals surface area contributed by atoms with Crippen LogP contribution in [-0.2, 0) is 4.79 Å². The van der Waals surface area contributed by atoms with Gasteiger partial charge in [-0.3, -0.25) is 4.79 Å². The molecule has 0 aliphatic rings. The van der Waals surface area contributed by atoms with Crippen molar-refractivity contribution in [1.82, 2.24) is 0 Å². The van der Waals surface area contributed by atoms with Gasteiger partial charge >= 0.3 is 0 Å². The van der Waals surface area contributed by atoms with E-state index in [0.29, 0.717) is 4.90 Å². The number of benzene rings is 1. The number of hydrogen-bond acceptors (Lipinski definition) is 1. The Bertz CT molecular complexity index is 498. The molecule has 2 nitrogen and oxygen atoms in total. The molecular weight excluding hydrogens is 257 g/mol. The first-order valence-electron chi connectivity index (χ1n) is 4.74. The van der Waals surface area contributed by atoms with Crippen LogP contribution in [-0.4, -0.2) is 13.0 Å². The maximum atomic E-state index is 13.3. The summed E-state index contributed by atoms with van der Waals surface area (Å²) in [5, 5.41) is 0. The van der Waals surface area contributed by atoms with Crippen LogP contribution in [0, 0.1) is 29.1 Å². The lowest BCUT2D eigenvalue weighted by Gasteiger charge is -2.17. The summed E-state index contributed by atoms with van der Waals surface area (Å²) in [5.41, 5.74) is -1.28. The molecule has 98 valence electrons. The second kappa shape index (κ2) is 5.16. The lowest BCUT2D eigenvalue weighted by Crippen LogP contribution is -2.27. The van der Waals surface area contributed by atoms with Crippen molar-refractivity contribution in [2.75, 3.05) is 11.9 Å². The molecule has 1 rings (SSSR count). The average molecular weight is 265 g/mol. The first kappa shape index (κ1) is 14.1. The highest BCUT2D eigenvalue weighted by Gasteiger charge is 2.29. The van der Waals surface area contributed by atoms with Crippen molar-refractivity contribution in [3.63, 3.8) is 0 Å². The number of rotatable bonds is 2. The molecule has 1 amide bonds. The van der Waals surface area contributed by atoms with Gasteiger partial charge in [-0.25, -0.2) is 22.0 Å². The number of hydrogen-bond donors (Lipinski definition) is 0. The Kier molecular flexibility index (Phi) is 4.05. The fraction of sp³-hybridized carbons (Fsp3) is 0.182. The number of halogens is 5. The van der Waals surface area contributed by atoms with Gasteiger partial charge in [-0.1, -0.05) is 6.08 Å². The molecule has 0 unspecified atom stereocenters. The van der Waals surface area contributed by atoms with Gasteiger partial charge < -0.3 is 4.90 Å². The summed E-state index contributed by atoms with van der Waals surface area (Å²) in [4.78, 5) is 11.7. The minimum atomic E-state index is -2.26. The third-order valence-electron chi connectivity index (χ3n) is 2.16. The summed E-state index contributed by atoms with van der Waals surface area (Å²) in [6.45, 7) is 1.46. The monoisotopic (exact) mass is 265 g/mol. The average Bonchev–Trinajstić information content (AvgIpc) is 2.34. The van der Waals surface area contributed by atoms with Crippen LogP contribution in [0.4, 0.5) is 27.6 Å². The maximum Gasteiger partial charge on any atom is 0.250 e. The maximum absolute atomic E-state index is 13.3. The molecule has 0 heterocycles. The summed E-state index contributed by atoms with van der Waals surface area (Å²) in [5.74, 6) is -11.5. The van der Waals surface area contributed by atoms with Crippen LogP contribution in [0.15, 0.2) is 12.2 Å². The van der Waals surface area contributed by atoms with Crippen LogP contribution in [0.3, 0.4) is 0 Å². The van der Waals surface area contributed by atoms with Gasteiger partial charge in [0.15, 0.2) is 23.3 Å². The van der Waals surface area contributed by atoms with E-state index in [0.717, 1.165) is 13.1 Å². The van der Waals surface area contributed by atoms with E-state index in [1.807, 2.05) is 0 Å². The topological polar surface area (TPSA) is 20.3 Å². The molecule has 0 aliphatic heterocycles. The number of likely N-dealkylation sites (N-methyl/N-ethyl adjacent to an activating group) is 1. The third kappa shape index (κ3) is 2.20. The fourth-order valence-corrected chi connectivity index (χ4v) is 1.25. The van der Waals surface area contributed by atoms with E-state index in [-0.39, 0.29) is 0 Å². The molecule has 0 saturated carbocycles. The quantitative estimate of drug-likeness (QED) is 0.348. The van der Waals surface area contributed by atoms with Crippen LogP contribution >= 0.6 is 0 Å². The minimum Gasteiger partial charge on any atom is -0.307 e. The Labute approximate surface area is 99.3 Å². The van der Waals surface area contributed by atoms with E-state index in [4.69, 9.17) is 0 Å². The molecule has 0 radical (unpaired) electrons. The molecule has 7 heteroatoms. The largest absolute Gasteiger partial charge is 0.307 e. The van der Waals surface area contributed by atoms with Crippen LogP contribution in [0.1, 0.15) is 6.92 Å². The van der Waals surface area contributed by atoms with E-state index in [2.05, 4.69) is 0 Å². The highest BCUT2D eigenvalue weighted by Crippen LogP contribution is 2.29. The van der Waals surface area contributed by atoms with Gasteiger partial charge in [0.1, 0.15) is 5.69 Å². The number of nitrogens with zero attached hydrogens (tertiary/aromatic N) is 1. The molecule has 0 spiro atoms. The normalized spacial score (nSPS) is 11.1. The van der Waals surface area contributed by atoms with E-state index in [9.17, 15) is 26.7 Å². The molecule has 0 bridgehead atoms. The minimum absolute atomic E-state index is 0.344. The van der Waals surface area contributed by atoms with Gasteiger partial charge in [-0.05, 0) is 13.0 Å². The molecule has 0 fully saturated rings. The molecule has 0 N–H and O–H groups in total. The zero-order chi connectivity index (χ0) is 14.0. The van der Waals surface area contributed by atoms with Gasteiger partial charge in [-0.2, -0.15) is 0 Å². The van der Waals surface area contributed by atoms with Gasteiger partial charge in [0.25, 0.3) is 5.91 Å². The van der Waals surface area contributed by atoms with Gasteiger partial charge in [0, 0.05) is 7.05 Å². The second-order valence-corrected chi connectivity index (χ2v) is 3.32. The molecule has 0 saturated heterocycles. The van der Waals surface area contributed by atoms with E-state index >= 15 is 0 Å². The first-order chi connectivity index (χ1) is 8.32. The zero-order valence-corrected chi connectivity index (χ0v) is 9.40. The van der Waals surface area contributed by atoms with Crippen molar-refractivity contribution >= 4 is 11.6 Å². The number of anilines is 1. The summed E-state index contributed by atoms with van der Waals surface area (Å²) >= 11 is 0. The number of allylic oxidation sites excluding steroid dienone is 1. The van der Waals surface area contributed by atoms with Crippen LogP contribution < -0.4 is 4.90 Å². The van der Waals surface area contributed by atoms with Gasteiger partial charge in [-0.15, -0.1) is 0 Å². The Balaban J connectivity index is 3.46. The van der Waals surface area contributed by atoms with Gasteiger partial charge in [0.05, 0.1) is 0 Å². The van der Waals surface area contributed by atoms with Crippen molar-refractivity contribution in [3.05, 3.63) is 41.2 Å². The number of carbonyl (C=O) groups is 1. The zero-order valence-electron chi connectivity index (χ0n) is 9.40. The van der Waals surface area contributed by atoms with Crippen LogP contribution in [0.2, 0.25) is 0 Å². The smallest absolute Gasteiger partial charge is 0.250 e. The van der Waals surface area contributed by atoms with Crippen molar-refractivity contribution < 1.29 is 26.7 Å². The fourth-order valence-electron chi connectivity index (χ4n) is 1.25. The Hall–Kier alpha value is -1.92. The lowest BCUT2D eigenvalue weighted by atomic mass is 10.2. The lowest BCUT2D eigenvalue weighted by molar-refractivity contribution is -0.114. The number of amides is 1. The predicted molar refractivity (Wildman–Crippen MR) is 54.5 cm³/mol. The molecule has 0 atom stereocenters. The Morgan fingerprint density at radius 1 is 0.944 bits per heavy atom. The molecule has 0 aromatic heterocycles. The summed E-state index contributed by atoms with van der Waals surface area (Å²) < 4.78 is 65.2. The number of carbonyl (C=O) groups excluding carboxylic acids is 1. The molecule has 1 aromatic carbocycles. The molecule has 0 aliphatic carbocycles. The van der Waals surface area contributed by atoms with Crippen LogP contribution in [0.5, 0.6) is 0 Å². The van der Waals surface area contributed by atoms with Crippen molar-refractivity contribution in [2.24, 2.45) is 0 Å². The van der Waals surface area contributed by atoms with Gasteiger partial charge in [0.2, 0.25) is 5.82 Å². The molecule has 18 heavy (non-hydrogen) atoms. The standard InChI is InChI=1S/C11H8F5NO/c1-3-4-5(18)17(2)11-9(15)7(13)6(12)8(14)10(11)16/h3-4H,1-2H3/b4-3-. The van der Waals surface area contributed by atoms with Crippen molar-refractivity contribution in [1.29, 1.82) is 0 Å². The second-order valence-electron chi connectivity index (χ2n) is 3.32. The van der Waals surface area contributed by atoms with Crippen LogP contribution in [0.25, 0.3) is 0 Å². The predicted octanol–water partition coefficient (Wildman–Crippen LogP) is 2.92. The third-order valence-corrected chi connectivity index (χ3v) is 2.16. The Morgan fingerprint density at radius 2 is 1.33 bits per heavy atom. The highest BCUT2D eigenvalue weighted by atomic mass is 19.2. The van der Waals surface area contributed by atoms with E-state index < -0.39 is 40.7 Å². The summed E-state index contributed by atoms with van der Waals surface area (Å²) in [6, 6.07) is 0. The molecular formula is C11H8F5NO. The summed E-state index contributed by atoms with van der Waals surface area (Å²) in [7, 11) is 0.903.